The quantitative estimate of drug-likeness (QED) is 0.495. The average Bonchev–Trinajstić information content (AvgIpc) is 2.39. The molecule has 0 bridgehead atoms. The summed E-state index contributed by atoms with van der Waals surface area (Å²) in [7, 11) is 0. The third-order valence-electron chi connectivity index (χ3n) is 2.80. The normalized spacial score (nSPS) is 11.8. The number of anilines is 1. The molecule has 1 aromatic rings. The summed E-state index contributed by atoms with van der Waals surface area (Å²) in [6.07, 6.45) is 0. The van der Waals surface area contributed by atoms with Gasteiger partial charge in [-0.25, -0.2) is 4.98 Å². The monoisotopic (exact) mass is 300 g/mol. The average molecular weight is 301 g/mol. The second kappa shape index (κ2) is 7.04. The van der Waals surface area contributed by atoms with Crippen LogP contribution in [0.2, 0.25) is 5.15 Å². The van der Waals surface area contributed by atoms with Crippen molar-refractivity contribution in [1.82, 2.24) is 9.88 Å². The van der Waals surface area contributed by atoms with Gasteiger partial charge in [0, 0.05) is 13.1 Å². The number of hydrogen-bond donors (Lipinski definition) is 1. The van der Waals surface area contributed by atoms with E-state index in [0.717, 1.165) is 6.07 Å². The van der Waals surface area contributed by atoms with Gasteiger partial charge in [0.05, 0.1) is 17.1 Å². The van der Waals surface area contributed by atoms with Crippen LogP contribution in [-0.4, -0.2) is 39.8 Å². The molecule has 0 radical (unpaired) electrons. The largest absolute Gasteiger partial charge is 0.358 e. The minimum atomic E-state index is -0.560. The maximum atomic E-state index is 12.1. The first kappa shape index (κ1) is 16.2. The second-order valence-corrected chi connectivity index (χ2v) is 4.55. The van der Waals surface area contributed by atoms with Gasteiger partial charge in [-0.2, -0.15) is 0 Å². The van der Waals surface area contributed by atoms with Crippen molar-refractivity contribution in [3.63, 3.8) is 0 Å². The fraction of sp³-hybridized carbons (Fsp3) is 0.500. The van der Waals surface area contributed by atoms with Crippen molar-refractivity contribution >= 4 is 29.0 Å². The fourth-order valence-electron chi connectivity index (χ4n) is 1.76. The summed E-state index contributed by atoms with van der Waals surface area (Å²) in [6.45, 7) is 6.65. The Morgan fingerprint density at radius 3 is 2.60 bits per heavy atom. The van der Waals surface area contributed by atoms with E-state index in [2.05, 4.69) is 10.3 Å². The lowest BCUT2D eigenvalue weighted by molar-refractivity contribution is -0.384. The van der Waals surface area contributed by atoms with Gasteiger partial charge in [-0.05, 0) is 20.8 Å². The summed E-state index contributed by atoms with van der Waals surface area (Å²) in [5.41, 5.74) is -0.171. The summed E-state index contributed by atoms with van der Waals surface area (Å²) in [5.74, 6) is 0.108. The predicted octanol–water partition coefficient (Wildman–Crippen LogP) is 2.31. The summed E-state index contributed by atoms with van der Waals surface area (Å²) in [5, 5.41) is 13.6. The van der Waals surface area contributed by atoms with Crippen LogP contribution in [0.15, 0.2) is 12.1 Å². The van der Waals surface area contributed by atoms with E-state index in [1.165, 1.54) is 6.07 Å². The topological polar surface area (TPSA) is 88.4 Å². The standard InChI is InChI=1S/C12H17ClN4O3/c1-4-16(5-2)12(18)8(3)14-11-7-9(17(19)20)6-10(13)15-11/h6-8H,4-5H2,1-3H3,(H,14,15). The van der Waals surface area contributed by atoms with Crippen molar-refractivity contribution in [3.8, 4) is 0 Å². The molecule has 110 valence electrons. The number of carbonyl (C=O) groups excluding carboxylic acids is 1. The Kier molecular flexibility index (Phi) is 5.69. The zero-order valence-electron chi connectivity index (χ0n) is 11.6. The molecule has 1 heterocycles. The zero-order chi connectivity index (χ0) is 15.3. The molecule has 0 spiro atoms. The highest BCUT2D eigenvalue weighted by molar-refractivity contribution is 6.29. The Morgan fingerprint density at radius 2 is 2.10 bits per heavy atom. The van der Waals surface area contributed by atoms with Gasteiger partial charge in [0.15, 0.2) is 0 Å². The van der Waals surface area contributed by atoms with E-state index in [1.54, 1.807) is 11.8 Å². The van der Waals surface area contributed by atoms with Crippen LogP contribution in [0.1, 0.15) is 20.8 Å². The summed E-state index contributed by atoms with van der Waals surface area (Å²) in [4.78, 5) is 27.9. The van der Waals surface area contributed by atoms with Crippen molar-refractivity contribution in [2.75, 3.05) is 18.4 Å². The lowest BCUT2D eigenvalue weighted by Crippen LogP contribution is -2.41. The molecule has 0 aliphatic heterocycles. The van der Waals surface area contributed by atoms with Crippen LogP contribution in [0.3, 0.4) is 0 Å². The third kappa shape index (κ3) is 4.06. The second-order valence-electron chi connectivity index (χ2n) is 4.17. The molecule has 0 aliphatic rings. The number of pyridine rings is 1. The molecule has 1 rings (SSSR count). The molecule has 1 atom stereocenters. The molecule has 20 heavy (non-hydrogen) atoms. The molecule has 0 saturated carbocycles. The molecule has 8 heteroatoms. The highest BCUT2D eigenvalue weighted by Crippen LogP contribution is 2.21. The fourth-order valence-corrected chi connectivity index (χ4v) is 1.96. The number of hydrogen-bond acceptors (Lipinski definition) is 5. The Bertz CT molecular complexity index is 505. The Balaban J connectivity index is 2.87. The Hall–Kier alpha value is -1.89. The molecule has 0 saturated heterocycles. The van der Waals surface area contributed by atoms with Gasteiger partial charge < -0.3 is 10.2 Å². The highest BCUT2D eigenvalue weighted by atomic mass is 35.5. The first-order chi connectivity index (χ1) is 9.38. The molecule has 1 N–H and O–H groups in total. The molecule has 1 unspecified atom stereocenters. The lowest BCUT2D eigenvalue weighted by atomic mass is 10.2. The van der Waals surface area contributed by atoms with Crippen LogP contribution >= 0.6 is 11.6 Å². The van der Waals surface area contributed by atoms with Gasteiger partial charge in [-0.15, -0.1) is 0 Å². The molecule has 7 nitrogen and oxygen atoms in total. The number of nitrogens with one attached hydrogen (secondary N) is 1. The molecular formula is C12H17ClN4O3. The maximum absolute atomic E-state index is 12.1. The minimum absolute atomic E-state index is 0.00388. The van der Waals surface area contributed by atoms with E-state index in [9.17, 15) is 14.9 Å². The van der Waals surface area contributed by atoms with E-state index in [4.69, 9.17) is 11.6 Å². The van der Waals surface area contributed by atoms with Crippen molar-refractivity contribution in [1.29, 1.82) is 0 Å². The number of nitrogens with zero attached hydrogens (tertiary/aromatic N) is 3. The Morgan fingerprint density at radius 1 is 1.50 bits per heavy atom. The molecule has 0 aliphatic carbocycles. The van der Waals surface area contributed by atoms with Crippen LogP contribution in [0, 0.1) is 10.1 Å². The summed E-state index contributed by atoms with van der Waals surface area (Å²) in [6, 6.07) is 1.86. The number of rotatable bonds is 6. The molecule has 1 aromatic heterocycles. The van der Waals surface area contributed by atoms with Gasteiger partial charge in [0.25, 0.3) is 5.69 Å². The third-order valence-corrected chi connectivity index (χ3v) is 2.99. The van der Waals surface area contributed by atoms with E-state index in [1.807, 2.05) is 13.8 Å². The van der Waals surface area contributed by atoms with E-state index in [0.29, 0.717) is 13.1 Å². The smallest absolute Gasteiger partial charge is 0.276 e. The predicted molar refractivity (Wildman–Crippen MR) is 76.9 cm³/mol. The van der Waals surface area contributed by atoms with E-state index < -0.39 is 11.0 Å². The number of likely N-dealkylation sites (N-methyl/N-ethyl adjacent to an activating group) is 1. The van der Waals surface area contributed by atoms with Gasteiger partial charge in [-0.3, -0.25) is 14.9 Å². The highest BCUT2D eigenvalue weighted by Gasteiger charge is 2.19. The number of nitro groups is 1. The SMILES string of the molecule is CCN(CC)C(=O)C(C)Nc1cc([N+](=O)[O-])cc(Cl)n1. The first-order valence-corrected chi connectivity index (χ1v) is 6.64. The Labute approximate surface area is 122 Å². The van der Waals surface area contributed by atoms with Crippen LogP contribution in [0.5, 0.6) is 0 Å². The lowest BCUT2D eigenvalue weighted by Gasteiger charge is -2.23. The van der Waals surface area contributed by atoms with Crippen molar-refractivity contribution in [2.24, 2.45) is 0 Å². The first-order valence-electron chi connectivity index (χ1n) is 6.26. The van der Waals surface area contributed by atoms with Crippen LogP contribution in [0.4, 0.5) is 11.5 Å². The number of aromatic nitrogens is 1. The van der Waals surface area contributed by atoms with Gasteiger partial charge in [0.2, 0.25) is 5.91 Å². The van der Waals surface area contributed by atoms with Crippen LogP contribution in [-0.2, 0) is 4.79 Å². The van der Waals surface area contributed by atoms with Crippen molar-refractivity contribution in [2.45, 2.75) is 26.8 Å². The molecule has 1 amide bonds. The number of amides is 1. The summed E-state index contributed by atoms with van der Waals surface area (Å²) < 4.78 is 0. The number of halogens is 1. The maximum Gasteiger partial charge on any atom is 0.276 e. The molecule has 0 fully saturated rings. The number of carbonyl (C=O) groups is 1. The zero-order valence-corrected chi connectivity index (χ0v) is 12.3. The van der Waals surface area contributed by atoms with Gasteiger partial charge in [-0.1, -0.05) is 11.6 Å². The van der Waals surface area contributed by atoms with Gasteiger partial charge >= 0.3 is 0 Å². The van der Waals surface area contributed by atoms with Gasteiger partial charge in [0.1, 0.15) is 17.0 Å². The van der Waals surface area contributed by atoms with Crippen LogP contribution in [0.25, 0.3) is 0 Å². The van der Waals surface area contributed by atoms with Crippen molar-refractivity contribution in [3.05, 3.63) is 27.4 Å². The van der Waals surface area contributed by atoms with E-state index >= 15 is 0 Å². The van der Waals surface area contributed by atoms with Crippen molar-refractivity contribution < 1.29 is 9.72 Å². The van der Waals surface area contributed by atoms with E-state index in [-0.39, 0.29) is 22.6 Å². The molecular weight excluding hydrogens is 284 g/mol. The molecule has 0 aromatic carbocycles. The van der Waals surface area contributed by atoms with Crippen LogP contribution < -0.4 is 5.32 Å². The minimum Gasteiger partial charge on any atom is -0.358 e. The summed E-state index contributed by atoms with van der Waals surface area (Å²) >= 11 is 5.72.